The molecule has 0 unspecified atom stereocenters. The molecule has 1 saturated carbocycles. The number of nitrogens with one attached hydrogen (secondary N) is 3. The van der Waals surface area contributed by atoms with E-state index in [2.05, 4.69) is 25.9 Å². The summed E-state index contributed by atoms with van der Waals surface area (Å²) in [6.45, 7) is 1.65. The van der Waals surface area contributed by atoms with E-state index in [1.54, 1.807) is 6.20 Å². The van der Waals surface area contributed by atoms with Crippen LogP contribution in [0.5, 0.6) is 0 Å². The molecule has 2 heterocycles. The molecule has 1 fully saturated rings. The minimum atomic E-state index is -0.374. The third-order valence-electron chi connectivity index (χ3n) is 5.10. The number of rotatable bonds is 7. The molecule has 1 aliphatic carbocycles. The number of aromatic nitrogens is 3. The third kappa shape index (κ3) is 4.27. The SMILES string of the molecule is CNCCCNc1ncc2c(=O)c(C(=O)NC)cn(C3CCCCC3)c2n1. The highest BCUT2D eigenvalue weighted by Crippen LogP contribution is 2.30. The number of carbonyl (C=O) groups excluding carboxylic acids is 1. The molecule has 2 aromatic heterocycles. The van der Waals surface area contributed by atoms with E-state index >= 15 is 0 Å². The molecule has 0 atom stereocenters. The van der Waals surface area contributed by atoms with E-state index < -0.39 is 0 Å². The maximum atomic E-state index is 12.8. The van der Waals surface area contributed by atoms with Gasteiger partial charge in [-0.2, -0.15) is 4.98 Å². The predicted molar refractivity (Wildman–Crippen MR) is 106 cm³/mol. The van der Waals surface area contributed by atoms with Gasteiger partial charge in [-0.3, -0.25) is 9.59 Å². The molecule has 0 saturated heterocycles. The summed E-state index contributed by atoms with van der Waals surface area (Å²) in [6, 6.07) is 0.247. The lowest BCUT2D eigenvalue weighted by molar-refractivity contribution is 0.0961. The Hall–Kier alpha value is -2.48. The number of nitrogens with zero attached hydrogens (tertiary/aromatic N) is 3. The fourth-order valence-electron chi connectivity index (χ4n) is 3.62. The summed E-state index contributed by atoms with van der Waals surface area (Å²) in [6.07, 6.45) is 9.74. The van der Waals surface area contributed by atoms with Gasteiger partial charge in [0.25, 0.3) is 5.91 Å². The van der Waals surface area contributed by atoms with Crippen LogP contribution in [0, 0.1) is 0 Å². The summed E-state index contributed by atoms with van der Waals surface area (Å²) in [5.74, 6) is 0.135. The van der Waals surface area contributed by atoms with Crippen molar-refractivity contribution in [3.63, 3.8) is 0 Å². The number of fused-ring (bicyclic) bond motifs is 1. The number of anilines is 1. The van der Waals surface area contributed by atoms with Gasteiger partial charge in [0.15, 0.2) is 0 Å². The van der Waals surface area contributed by atoms with Crippen molar-refractivity contribution in [2.45, 2.75) is 44.6 Å². The maximum absolute atomic E-state index is 12.8. The minimum Gasteiger partial charge on any atom is -0.355 e. The number of hydrogen-bond acceptors (Lipinski definition) is 6. The van der Waals surface area contributed by atoms with Gasteiger partial charge >= 0.3 is 0 Å². The number of hydrogen-bond donors (Lipinski definition) is 3. The molecule has 8 nitrogen and oxygen atoms in total. The van der Waals surface area contributed by atoms with Crippen LogP contribution in [-0.4, -0.2) is 47.6 Å². The zero-order valence-corrected chi connectivity index (χ0v) is 16.0. The molecule has 0 aliphatic heterocycles. The standard InChI is InChI=1S/C19H28N6O2/c1-20-9-6-10-22-19-23-11-14-16(26)15(18(27)21-2)12-25(17(14)24-19)13-7-4-3-5-8-13/h11-13,20H,3-10H2,1-2H3,(H,21,27)(H,22,23,24). The Morgan fingerprint density at radius 2 is 2.00 bits per heavy atom. The zero-order valence-electron chi connectivity index (χ0n) is 16.0. The van der Waals surface area contributed by atoms with E-state index in [1.165, 1.54) is 19.7 Å². The van der Waals surface area contributed by atoms with Crippen molar-refractivity contribution in [1.29, 1.82) is 0 Å². The van der Waals surface area contributed by atoms with Crippen LogP contribution in [0.3, 0.4) is 0 Å². The smallest absolute Gasteiger partial charge is 0.256 e. The van der Waals surface area contributed by atoms with Gasteiger partial charge in [-0.25, -0.2) is 4.98 Å². The molecule has 2 aromatic rings. The molecule has 0 bridgehead atoms. The topological polar surface area (TPSA) is 101 Å². The predicted octanol–water partition coefficient (Wildman–Crippen LogP) is 1.68. The highest BCUT2D eigenvalue weighted by molar-refractivity contribution is 5.96. The van der Waals surface area contributed by atoms with Crippen LogP contribution in [0.2, 0.25) is 0 Å². The van der Waals surface area contributed by atoms with Crippen molar-refractivity contribution in [3.8, 4) is 0 Å². The van der Waals surface area contributed by atoms with Crippen molar-refractivity contribution in [3.05, 3.63) is 28.2 Å². The van der Waals surface area contributed by atoms with E-state index in [4.69, 9.17) is 0 Å². The van der Waals surface area contributed by atoms with Crippen molar-refractivity contribution in [2.24, 2.45) is 0 Å². The quantitative estimate of drug-likeness (QED) is 0.639. The molecule has 8 heteroatoms. The van der Waals surface area contributed by atoms with Gasteiger partial charge in [0.1, 0.15) is 11.2 Å². The summed E-state index contributed by atoms with van der Waals surface area (Å²) < 4.78 is 2.01. The molecule has 3 rings (SSSR count). The molecule has 0 spiro atoms. The monoisotopic (exact) mass is 372 g/mol. The van der Waals surface area contributed by atoms with Gasteiger partial charge in [-0.15, -0.1) is 0 Å². The van der Waals surface area contributed by atoms with Crippen molar-refractivity contribution in [1.82, 2.24) is 25.2 Å². The number of amides is 1. The lowest BCUT2D eigenvalue weighted by Crippen LogP contribution is -2.29. The Morgan fingerprint density at radius 3 is 2.70 bits per heavy atom. The van der Waals surface area contributed by atoms with E-state index in [-0.39, 0.29) is 22.9 Å². The van der Waals surface area contributed by atoms with Gasteiger partial charge in [-0.1, -0.05) is 19.3 Å². The summed E-state index contributed by atoms with van der Waals surface area (Å²) in [5, 5.41) is 9.26. The molecular weight excluding hydrogens is 344 g/mol. The summed E-state index contributed by atoms with van der Waals surface area (Å²) >= 11 is 0. The van der Waals surface area contributed by atoms with E-state index in [9.17, 15) is 9.59 Å². The van der Waals surface area contributed by atoms with Crippen LogP contribution in [0.25, 0.3) is 11.0 Å². The second-order valence-corrected chi connectivity index (χ2v) is 6.96. The highest BCUT2D eigenvalue weighted by Gasteiger charge is 2.22. The summed E-state index contributed by atoms with van der Waals surface area (Å²) in [4.78, 5) is 33.9. The lowest BCUT2D eigenvalue weighted by atomic mass is 9.95. The Morgan fingerprint density at radius 1 is 1.22 bits per heavy atom. The van der Waals surface area contributed by atoms with Crippen molar-refractivity contribution >= 4 is 22.9 Å². The summed E-state index contributed by atoms with van der Waals surface area (Å²) in [5.41, 5.74) is 0.428. The number of carbonyl (C=O) groups is 1. The van der Waals surface area contributed by atoms with Crippen LogP contribution < -0.4 is 21.4 Å². The van der Waals surface area contributed by atoms with Gasteiger partial charge in [0.05, 0.1) is 5.39 Å². The van der Waals surface area contributed by atoms with Crippen LogP contribution in [0.15, 0.2) is 17.2 Å². The third-order valence-corrected chi connectivity index (χ3v) is 5.10. The van der Waals surface area contributed by atoms with E-state index in [0.29, 0.717) is 17.0 Å². The molecule has 146 valence electrons. The van der Waals surface area contributed by atoms with Gasteiger partial charge in [-0.05, 0) is 32.9 Å². The fourth-order valence-corrected chi connectivity index (χ4v) is 3.62. The summed E-state index contributed by atoms with van der Waals surface area (Å²) in [7, 11) is 3.45. The highest BCUT2D eigenvalue weighted by atomic mass is 16.2. The molecule has 1 aliphatic rings. The second kappa shape index (κ2) is 8.94. The Balaban J connectivity index is 2.04. The van der Waals surface area contributed by atoms with Crippen LogP contribution in [-0.2, 0) is 0 Å². The second-order valence-electron chi connectivity index (χ2n) is 6.96. The largest absolute Gasteiger partial charge is 0.355 e. The van der Waals surface area contributed by atoms with Crippen molar-refractivity contribution in [2.75, 3.05) is 32.5 Å². The average molecular weight is 372 g/mol. The Kier molecular flexibility index (Phi) is 6.39. The molecule has 0 radical (unpaired) electrons. The first-order chi connectivity index (χ1) is 13.2. The molecule has 1 amide bonds. The van der Waals surface area contributed by atoms with E-state index in [1.807, 2.05) is 11.6 Å². The first-order valence-electron chi connectivity index (χ1n) is 9.68. The van der Waals surface area contributed by atoms with E-state index in [0.717, 1.165) is 45.2 Å². The first kappa shape index (κ1) is 19.3. The van der Waals surface area contributed by atoms with Crippen LogP contribution in [0.4, 0.5) is 5.95 Å². The molecular formula is C19H28N6O2. The Bertz CT molecular complexity index is 857. The lowest BCUT2D eigenvalue weighted by Gasteiger charge is -2.26. The fraction of sp³-hybridized carbons (Fsp3) is 0.579. The number of pyridine rings is 1. The Labute approximate surface area is 158 Å². The average Bonchev–Trinajstić information content (AvgIpc) is 2.71. The minimum absolute atomic E-state index is 0.147. The van der Waals surface area contributed by atoms with Crippen molar-refractivity contribution < 1.29 is 4.79 Å². The zero-order chi connectivity index (χ0) is 19.2. The molecule has 27 heavy (non-hydrogen) atoms. The molecule has 3 N–H and O–H groups in total. The van der Waals surface area contributed by atoms with Crippen LogP contribution >= 0.6 is 0 Å². The van der Waals surface area contributed by atoms with Gasteiger partial charge in [0.2, 0.25) is 11.4 Å². The van der Waals surface area contributed by atoms with Gasteiger partial charge in [0, 0.05) is 32.0 Å². The first-order valence-corrected chi connectivity index (χ1v) is 9.68. The normalized spacial score (nSPS) is 15.0. The van der Waals surface area contributed by atoms with Gasteiger partial charge < -0.3 is 20.5 Å². The maximum Gasteiger partial charge on any atom is 0.256 e. The molecule has 0 aromatic carbocycles. The van der Waals surface area contributed by atoms with Crippen LogP contribution in [0.1, 0.15) is 54.9 Å².